The Hall–Kier alpha value is -1.68. The molecule has 28 heavy (non-hydrogen) atoms. The molecule has 152 valence electrons. The summed E-state index contributed by atoms with van der Waals surface area (Å²) < 4.78 is 23.7. The van der Waals surface area contributed by atoms with E-state index in [1.54, 1.807) is 27.1 Å². The van der Waals surface area contributed by atoms with Crippen molar-refractivity contribution in [3.05, 3.63) is 54.2 Å². The molecule has 1 N–H and O–H groups in total. The molecule has 0 atom stereocenters. The maximum absolute atomic E-state index is 12.2. The molecule has 2 heterocycles. The van der Waals surface area contributed by atoms with Gasteiger partial charge in [-0.1, -0.05) is 24.3 Å². The fourth-order valence-electron chi connectivity index (χ4n) is 3.21. The van der Waals surface area contributed by atoms with Gasteiger partial charge >= 0.3 is 0 Å². The third kappa shape index (κ3) is 5.02. The summed E-state index contributed by atoms with van der Waals surface area (Å²) in [6.07, 6.45) is 1.79. The van der Waals surface area contributed by atoms with Gasteiger partial charge in [0.1, 0.15) is 0 Å². The molecular formula is C20H27IN4O2S. The zero-order valence-electron chi connectivity index (χ0n) is 16.4. The van der Waals surface area contributed by atoms with Gasteiger partial charge in [0, 0.05) is 38.4 Å². The van der Waals surface area contributed by atoms with Crippen molar-refractivity contribution in [2.45, 2.75) is 25.1 Å². The number of aromatic nitrogens is 1. The van der Waals surface area contributed by atoms with Crippen LogP contribution in [0.2, 0.25) is 0 Å². The van der Waals surface area contributed by atoms with Crippen molar-refractivity contribution < 1.29 is 8.42 Å². The molecule has 2 aromatic rings. The second-order valence-corrected chi connectivity index (χ2v) is 10.1. The summed E-state index contributed by atoms with van der Waals surface area (Å²) in [6.45, 7) is 5.05. The van der Waals surface area contributed by atoms with Crippen LogP contribution in [-0.2, 0) is 16.4 Å². The lowest BCUT2D eigenvalue weighted by Crippen LogP contribution is -2.57. The third-order valence-electron chi connectivity index (χ3n) is 4.89. The topological polar surface area (TPSA) is 74.7 Å². The molecule has 3 rings (SSSR count). The highest BCUT2D eigenvalue weighted by Crippen LogP contribution is 2.24. The Labute approximate surface area is 184 Å². The summed E-state index contributed by atoms with van der Waals surface area (Å²) >= 11 is 0. The van der Waals surface area contributed by atoms with E-state index in [1.807, 2.05) is 35.2 Å². The van der Waals surface area contributed by atoms with Crippen LogP contribution in [0.4, 0.5) is 0 Å². The average molecular weight is 514 g/mol. The SMILES string of the molecule is CN=C(NCc1cccc(-c2ccccn2)c1)N1CCS(=O)(=O)C(C)(C)C1.I. The van der Waals surface area contributed by atoms with E-state index in [0.29, 0.717) is 19.6 Å². The first-order valence-electron chi connectivity index (χ1n) is 9.01. The van der Waals surface area contributed by atoms with Crippen LogP contribution in [0.25, 0.3) is 11.3 Å². The Bertz CT molecular complexity index is 930. The first kappa shape index (κ1) is 22.6. The van der Waals surface area contributed by atoms with Gasteiger partial charge in [-0.25, -0.2) is 8.42 Å². The largest absolute Gasteiger partial charge is 0.352 e. The van der Waals surface area contributed by atoms with Gasteiger partial charge in [0.15, 0.2) is 15.8 Å². The molecule has 1 aliphatic rings. The highest BCUT2D eigenvalue weighted by molar-refractivity contribution is 14.0. The van der Waals surface area contributed by atoms with Gasteiger partial charge in [0.25, 0.3) is 0 Å². The summed E-state index contributed by atoms with van der Waals surface area (Å²) in [4.78, 5) is 10.8. The van der Waals surface area contributed by atoms with E-state index in [9.17, 15) is 8.42 Å². The molecule has 0 saturated carbocycles. The molecule has 1 aliphatic heterocycles. The fraction of sp³-hybridized carbons (Fsp3) is 0.400. The van der Waals surface area contributed by atoms with E-state index in [4.69, 9.17) is 0 Å². The molecule has 0 bridgehead atoms. The Morgan fingerprint density at radius 2 is 2.04 bits per heavy atom. The number of guanidine groups is 1. The van der Waals surface area contributed by atoms with Crippen LogP contribution in [0.15, 0.2) is 53.7 Å². The first-order valence-corrected chi connectivity index (χ1v) is 10.7. The standard InChI is InChI=1S/C20H26N4O2S.HI/c1-20(2)15-24(11-12-27(20,25)26)19(21-3)23-14-16-7-6-8-17(13-16)18-9-4-5-10-22-18;/h4-10,13H,11-12,14-15H2,1-3H3,(H,21,23);1H. The molecule has 0 unspecified atom stereocenters. The number of pyridine rings is 1. The number of aliphatic imine (C=N–C) groups is 1. The quantitative estimate of drug-likeness (QED) is 0.388. The monoisotopic (exact) mass is 514 g/mol. The number of nitrogens with zero attached hydrogens (tertiary/aromatic N) is 3. The lowest BCUT2D eigenvalue weighted by atomic mass is 10.1. The maximum Gasteiger partial charge on any atom is 0.193 e. The molecule has 1 aromatic carbocycles. The van der Waals surface area contributed by atoms with Crippen LogP contribution in [0.3, 0.4) is 0 Å². The fourth-order valence-corrected chi connectivity index (χ4v) is 4.58. The Kier molecular flexibility index (Phi) is 7.44. The van der Waals surface area contributed by atoms with Crippen LogP contribution in [-0.4, -0.2) is 54.9 Å². The smallest absolute Gasteiger partial charge is 0.193 e. The van der Waals surface area contributed by atoms with Crippen molar-refractivity contribution in [1.82, 2.24) is 15.2 Å². The highest BCUT2D eigenvalue weighted by atomic mass is 127. The zero-order valence-corrected chi connectivity index (χ0v) is 19.6. The normalized spacial score (nSPS) is 18.2. The van der Waals surface area contributed by atoms with Crippen molar-refractivity contribution in [2.75, 3.05) is 25.9 Å². The molecule has 1 aromatic heterocycles. The molecule has 8 heteroatoms. The van der Waals surface area contributed by atoms with Gasteiger partial charge in [-0.3, -0.25) is 9.98 Å². The van der Waals surface area contributed by atoms with Gasteiger partial charge in [-0.2, -0.15) is 0 Å². The van der Waals surface area contributed by atoms with Gasteiger partial charge in [0.2, 0.25) is 0 Å². The van der Waals surface area contributed by atoms with E-state index < -0.39 is 14.6 Å². The third-order valence-corrected chi connectivity index (χ3v) is 7.43. The van der Waals surface area contributed by atoms with E-state index in [-0.39, 0.29) is 29.7 Å². The predicted octanol–water partition coefficient (Wildman–Crippen LogP) is 2.95. The minimum absolute atomic E-state index is 0. The molecule has 0 spiro atoms. The summed E-state index contributed by atoms with van der Waals surface area (Å²) in [7, 11) is -1.35. The minimum atomic E-state index is -3.07. The Morgan fingerprint density at radius 3 is 2.68 bits per heavy atom. The number of benzene rings is 1. The molecule has 6 nitrogen and oxygen atoms in total. The number of sulfone groups is 1. The van der Waals surface area contributed by atoms with Crippen LogP contribution in [0, 0.1) is 0 Å². The van der Waals surface area contributed by atoms with Gasteiger partial charge < -0.3 is 10.2 Å². The number of nitrogens with one attached hydrogen (secondary N) is 1. The molecule has 0 radical (unpaired) electrons. The van der Waals surface area contributed by atoms with E-state index in [1.165, 1.54) is 0 Å². The maximum atomic E-state index is 12.2. The van der Waals surface area contributed by atoms with E-state index >= 15 is 0 Å². The number of hydrogen-bond acceptors (Lipinski definition) is 4. The molecule has 0 aliphatic carbocycles. The number of halogens is 1. The van der Waals surface area contributed by atoms with Gasteiger partial charge in [0.05, 0.1) is 16.2 Å². The second-order valence-electron chi connectivity index (χ2n) is 7.32. The molecule has 1 fully saturated rings. The predicted molar refractivity (Wildman–Crippen MR) is 125 cm³/mol. The zero-order chi connectivity index (χ0) is 19.5. The summed E-state index contributed by atoms with van der Waals surface area (Å²) in [5.41, 5.74) is 3.12. The van der Waals surface area contributed by atoms with Gasteiger partial charge in [-0.05, 0) is 37.6 Å². The number of hydrogen-bond donors (Lipinski definition) is 1. The molecule has 0 amide bonds. The number of rotatable bonds is 3. The highest BCUT2D eigenvalue weighted by Gasteiger charge is 2.40. The van der Waals surface area contributed by atoms with Gasteiger partial charge in [-0.15, -0.1) is 24.0 Å². The molecular weight excluding hydrogens is 487 g/mol. The molecule has 1 saturated heterocycles. The van der Waals surface area contributed by atoms with Crippen LogP contribution >= 0.6 is 24.0 Å². The van der Waals surface area contributed by atoms with Crippen LogP contribution in [0.5, 0.6) is 0 Å². The van der Waals surface area contributed by atoms with Crippen molar-refractivity contribution in [1.29, 1.82) is 0 Å². The average Bonchev–Trinajstić information content (AvgIpc) is 2.66. The Morgan fingerprint density at radius 1 is 1.25 bits per heavy atom. The Balaban J connectivity index is 0.00000280. The van der Waals surface area contributed by atoms with Crippen molar-refractivity contribution in [3.63, 3.8) is 0 Å². The van der Waals surface area contributed by atoms with Crippen molar-refractivity contribution in [3.8, 4) is 11.3 Å². The van der Waals surface area contributed by atoms with E-state index in [0.717, 1.165) is 22.8 Å². The van der Waals surface area contributed by atoms with Crippen molar-refractivity contribution in [2.24, 2.45) is 4.99 Å². The second kappa shape index (κ2) is 9.21. The summed E-state index contributed by atoms with van der Waals surface area (Å²) in [6, 6.07) is 14.1. The van der Waals surface area contributed by atoms with E-state index in [2.05, 4.69) is 27.4 Å². The lowest BCUT2D eigenvalue weighted by Gasteiger charge is -2.39. The first-order chi connectivity index (χ1) is 12.8. The summed E-state index contributed by atoms with van der Waals surface area (Å²) in [5, 5.41) is 3.36. The van der Waals surface area contributed by atoms with Crippen LogP contribution < -0.4 is 5.32 Å². The van der Waals surface area contributed by atoms with Crippen molar-refractivity contribution >= 4 is 39.8 Å². The van der Waals surface area contributed by atoms with Crippen LogP contribution in [0.1, 0.15) is 19.4 Å². The minimum Gasteiger partial charge on any atom is -0.352 e. The summed E-state index contributed by atoms with van der Waals surface area (Å²) in [5.74, 6) is 0.872. The lowest BCUT2D eigenvalue weighted by molar-refractivity contribution is 0.353.